The number of oxazole rings is 1. The Morgan fingerprint density at radius 3 is 2.69 bits per heavy atom. The van der Waals surface area contributed by atoms with E-state index in [1.54, 1.807) is 4.57 Å². The highest BCUT2D eigenvalue weighted by Crippen LogP contribution is 2.29. The molecule has 0 spiro atoms. The molecule has 0 amide bonds. The summed E-state index contributed by atoms with van der Waals surface area (Å²) in [6, 6.07) is 14.9. The number of aryl methyl sites for hydroxylation is 1. The third kappa shape index (κ3) is 3.95. The Bertz CT molecular complexity index is 1250. The molecular formula is C22H20ClN3O2S. The molecule has 2 aromatic heterocycles. The Labute approximate surface area is 177 Å². The molecule has 0 N–H and O–H groups in total. The van der Waals surface area contributed by atoms with Crippen LogP contribution in [0.5, 0.6) is 0 Å². The van der Waals surface area contributed by atoms with Crippen LogP contribution >= 0.6 is 23.4 Å². The number of benzene rings is 2. The second-order valence-electron chi connectivity index (χ2n) is 7.00. The maximum absolute atomic E-state index is 13.0. The SMILES string of the molecule is Cc1oc(-c2cccc(Cl)c2)nc1CSc1nc2ccccc2c(=O)n1C(C)C. The molecule has 29 heavy (non-hydrogen) atoms. The van der Waals surface area contributed by atoms with Crippen molar-refractivity contribution in [2.45, 2.75) is 37.7 Å². The maximum atomic E-state index is 13.0. The zero-order valence-electron chi connectivity index (χ0n) is 16.3. The van der Waals surface area contributed by atoms with Gasteiger partial charge in [-0.25, -0.2) is 9.97 Å². The minimum atomic E-state index is -0.0235. The third-order valence-corrected chi connectivity index (χ3v) is 5.79. The van der Waals surface area contributed by atoms with Crippen molar-refractivity contribution < 1.29 is 4.42 Å². The van der Waals surface area contributed by atoms with Crippen molar-refractivity contribution in [2.75, 3.05) is 0 Å². The Morgan fingerprint density at radius 2 is 1.93 bits per heavy atom. The number of fused-ring (bicyclic) bond motifs is 1. The van der Waals surface area contributed by atoms with Crippen LogP contribution in [0.3, 0.4) is 0 Å². The van der Waals surface area contributed by atoms with Crippen molar-refractivity contribution in [3.63, 3.8) is 0 Å². The Kier molecular flexibility index (Phi) is 5.48. The minimum Gasteiger partial charge on any atom is -0.441 e. The van der Waals surface area contributed by atoms with Crippen LogP contribution in [0.25, 0.3) is 22.4 Å². The van der Waals surface area contributed by atoms with E-state index in [-0.39, 0.29) is 11.6 Å². The van der Waals surface area contributed by atoms with E-state index in [0.717, 1.165) is 17.0 Å². The molecule has 0 unspecified atom stereocenters. The van der Waals surface area contributed by atoms with Crippen molar-refractivity contribution in [3.8, 4) is 11.5 Å². The van der Waals surface area contributed by atoms with Gasteiger partial charge in [0.2, 0.25) is 5.89 Å². The van der Waals surface area contributed by atoms with Gasteiger partial charge in [-0.15, -0.1) is 0 Å². The summed E-state index contributed by atoms with van der Waals surface area (Å²) in [5.74, 6) is 1.83. The number of para-hydroxylation sites is 1. The molecule has 0 aliphatic heterocycles. The molecule has 0 saturated heterocycles. The normalized spacial score (nSPS) is 11.5. The number of rotatable bonds is 5. The summed E-state index contributed by atoms with van der Waals surface area (Å²) in [4.78, 5) is 22.3. The molecule has 2 aromatic carbocycles. The molecule has 0 bridgehead atoms. The first-order valence-electron chi connectivity index (χ1n) is 9.30. The third-order valence-electron chi connectivity index (χ3n) is 4.59. The molecule has 0 aliphatic rings. The van der Waals surface area contributed by atoms with E-state index in [0.29, 0.717) is 32.7 Å². The van der Waals surface area contributed by atoms with Gasteiger partial charge in [-0.1, -0.05) is 41.6 Å². The first-order valence-corrected chi connectivity index (χ1v) is 10.7. The van der Waals surface area contributed by atoms with Crippen molar-refractivity contribution >= 4 is 34.3 Å². The van der Waals surface area contributed by atoms with Crippen LogP contribution in [0.15, 0.2) is 62.9 Å². The van der Waals surface area contributed by atoms with E-state index < -0.39 is 0 Å². The lowest BCUT2D eigenvalue weighted by Crippen LogP contribution is -2.25. The highest BCUT2D eigenvalue weighted by atomic mass is 35.5. The highest BCUT2D eigenvalue weighted by molar-refractivity contribution is 7.98. The molecule has 4 aromatic rings. The summed E-state index contributed by atoms with van der Waals surface area (Å²) in [7, 11) is 0. The lowest BCUT2D eigenvalue weighted by molar-refractivity contribution is 0.519. The molecule has 5 nitrogen and oxygen atoms in total. The molecule has 0 aliphatic carbocycles. The topological polar surface area (TPSA) is 60.9 Å². The van der Waals surface area contributed by atoms with E-state index >= 15 is 0 Å². The fraction of sp³-hybridized carbons (Fsp3) is 0.227. The number of thioether (sulfide) groups is 1. The number of nitrogens with zero attached hydrogens (tertiary/aromatic N) is 3. The Morgan fingerprint density at radius 1 is 1.14 bits per heavy atom. The molecule has 0 atom stereocenters. The van der Waals surface area contributed by atoms with Gasteiger partial charge in [-0.05, 0) is 51.1 Å². The number of hydrogen-bond acceptors (Lipinski definition) is 5. The maximum Gasteiger partial charge on any atom is 0.262 e. The number of halogens is 1. The van der Waals surface area contributed by atoms with Crippen LogP contribution < -0.4 is 5.56 Å². The van der Waals surface area contributed by atoms with Gasteiger partial charge < -0.3 is 4.42 Å². The fourth-order valence-electron chi connectivity index (χ4n) is 3.12. The van der Waals surface area contributed by atoms with E-state index in [2.05, 4.69) is 4.98 Å². The average molecular weight is 426 g/mol. The van der Waals surface area contributed by atoms with Gasteiger partial charge in [-0.2, -0.15) is 0 Å². The Hall–Kier alpha value is -2.57. The predicted molar refractivity (Wildman–Crippen MR) is 118 cm³/mol. The largest absolute Gasteiger partial charge is 0.441 e. The number of aromatic nitrogens is 3. The summed E-state index contributed by atoms with van der Waals surface area (Å²) in [6.07, 6.45) is 0. The van der Waals surface area contributed by atoms with Gasteiger partial charge in [0.15, 0.2) is 5.16 Å². The van der Waals surface area contributed by atoms with Crippen molar-refractivity contribution in [3.05, 3.63) is 75.4 Å². The highest BCUT2D eigenvalue weighted by Gasteiger charge is 2.17. The van der Waals surface area contributed by atoms with E-state index in [9.17, 15) is 4.79 Å². The molecule has 7 heteroatoms. The van der Waals surface area contributed by atoms with Crippen LogP contribution in [0.2, 0.25) is 5.02 Å². The minimum absolute atomic E-state index is 0.00235. The number of hydrogen-bond donors (Lipinski definition) is 0. The zero-order chi connectivity index (χ0) is 20.5. The Balaban J connectivity index is 1.67. The van der Waals surface area contributed by atoms with Crippen LogP contribution in [0.4, 0.5) is 0 Å². The fourth-order valence-corrected chi connectivity index (χ4v) is 4.44. The monoisotopic (exact) mass is 425 g/mol. The summed E-state index contributed by atoms with van der Waals surface area (Å²) in [6.45, 7) is 5.86. The second kappa shape index (κ2) is 8.05. The van der Waals surface area contributed by atoms with Gasteiger partial charge >= 0.3 is 0 Å². The van der Waals surface area contributed by atoms with Crippen molar-refractivity contribution in [1.29, 1.82) is 0 Å². The lowest BCUT2D eigenvalue weighted by Gasteiger charge is -2.15. The molecule has 0 radical (unpaired) electrons. The molecular weight excluding hydrogens is 406 g/mol. The average Bonchev–Trinajstić information content (AvgIpc) is 3.07. The lowest BCUT2D eigenvalue weighted by atomic mass is 10.2. The first-order chi connectivity index (χ1) is 13.9. The smallest absolute Gasteiger partial charge is 0.262 e. The van der Waals surface area contributed by atoms with Gasteiger partial charge in [0.25, 0.3) is 5.56 Å². The molecule has 2 heterocycles. The molecule has 4 rings (SSSR count). The molecule has 148 valence electrons. The van der Waals surface area contributed by atoms with Gasteiger partial charge in [0.1, 0.15) is 5.76 Å². The summed E-state index contributed by atoms with van der Waals surface area (Å²) in [5, 5.41) is 1.94. The summed E-state index contributed by atoms with van der Waals surface area (Å²) < 4.78 is 7.58. The van der Waals surface area contributed by atoms with Gasteiger partial charge in [0, 0.05) is 22.4 Å². The molecule has 0 saturated carbocycles. The van der Waals surface area contributed by atoms with E-state index in [1.165, 1.54) is 11.8 Å². The predicted octanol–water partition coefficient (Wildman–Crippen LogP) is 5.89. The van der Waals surface area contributed by atoms with Crippen molar-refractivity contribution in [1.82, 2.24) is 14.5 Å². The summed E-state index contributed by atoms with van der Waals surface area (Å²) >= 11 is 7.56. The van der Waals surface area contributed by atoms with Crippen molar-refractivity contribution in [2.24, 2.45) is 0 Å². The van der Waals surface area contributed by atoms with Crippen LogP contribution in [-0.2, 0) is 5.75 Å². The van der Waals surface area contributed by atoms with E-state index in [4.69, 9.17) is 21.0 Å². The quantitative estimate of drug-likeness (QED) is 0.295. The van der Waals surface area contributed by atoms with E-state index in [1.807, 2.05) is 69.3 Å². The van der Waals surface area contributed by atoms with Gasteiger partial charge in [-0.3, -0.25) is 9.36 Å². The second-order valence-corrected chi connectivity index (χ2v) is 8.38. The standard InChI is InChI=1S/C22H20ClN3O2S/c1-13(2)26-21(27)17-9-4-5-10-18(17)25-22(26)29-12-19-14(3)28-20(24-19)15-7-6-8-16(23)11-15/h4-11,13H,12H2,1-3H3. The van der Waals surface area contributed by atoms with Crippen LogP contribution in [0, 0.1) is 6.92 Å². The van der Waals surface area contributed by atoms with Crippen LogP contribution in [-0.4, -0.2) is 14.5 Å². The summed E-state index contributed by atoms with van der Waals surface area (Å²) in [5.41, 5.74) is 2.33. The first kappa shape index (κ1) is 19.7. The van der Waals surface area contributed by atoms with Gasteiger partial charge in [0.05, 0.1) is 16.6 Å². The molecule has 0 fully saturated rings. The zero-order valence-corrected chi connectivity index (χ0v) is 17.9. The van der Waals surface area contributed by atoms with Crippen LogP contribution in [0.1, 0.15) is 31.3 Å².